The molecule has 1 N–H and O–H groups in total. The van der Waals surface area contributed by atoms with Crippen LogP contribution in [0.3, 0.4) is 0 Å². The van der Waals surface area contributed by atoms with Crippen molar-refractivity contribution in [1.82, 2.24) is 0 Å². The Hall–Kier alpha value is -1.58. The molecule has 5 nitrogen and oxygen atoms in total. The van der Waals surface area contributed by atoms with Crippen molar-refractivity contribution < 1.29 is 13.2 Å². The van der Waals surface area contributed by atoms with Gasteiger partial charge in [-0.05, 0) is 26.0 Å². The number of ether oxygens (including phenoxy) is 1. The highest BCUT2D eigenvalue weighted by atomic mass is 32.2. The molecule has 0 saturated carbocycles. The third-order valence-electron chi connectivity index (χ3n) is 2.12. The maximum Gasteiger partial charge on any atom is 0.235 e. The van der Waals surface area contributed by atoms with Gasteiger partial charge in [0.05, 0.1) is 29.7 Å². The van der Waals surface area contributed by atoms with Crippen LogP contribution in [0.2, 0.25) is 0 Å². The molecule has 0 atom stereocenters. The fraction of sp³-hybridized carbons (Fsp3) is 0.417. The largest absolute Gasteiger partial charge is 0.378 e. The highest BCUT2D eigenvalue weighted by molar-refractivity contribution is 7.92. The van der Waals surface area contributed by atoms with Crippen LogP contribution < -0.4 is 4.72 Å². The normalized spacial score (nSPS) is 11.2. The van der Waals surface area contributed by atoms with Crippen molar-refractivity contribution in [3.63, 3.8) is 0 Å². The van der Waals surface area contributed by atoms with E-state index >= 15 is 0 Å². The van der Waals surface area contributed by atoms with Crippen molar-refractivity contribution in [2.24, 2.45) is 0 Å². The number of hydrogen-bond acceptors (Lipinski definition) is 4. The summed E-state index contributed by atoms with van der Waals surface area (Å²) in [7, 11) is -3.49. The van der Waals surface area contributed by atoms with Crippen molar-refractivity contribution in [3.05, 3.63) is 29.8 Å². The van der Waals surface area contributed by atoms with E-state index in [1.165, 1.54) is 0 Å². The van der Waals surface area contributed by atoms with Gasteiger partial charge < -0.3 is 4.74 Å². The second kappa shape index (κ2) is 6.38. The Kier molecular flexibility index (Phi) is 5.13. The van der Waals surface area contributed by atoms with Gasteiger partial charge in [0.15, 0.2) is 0 Å². The fourth-order valence-corrected chi connectivity index (χ4v) is 2.21. The third-order valence-corrected chi connectivity index (χ3v) is 3.35. The van der Waals surface area contributed by atoms with Gasteiger partial charge in [-0.2, -0.15) is 5.26 Å². The minimum atomic E-state index is -3.49. The van der Waals surface area contributed by atoms with Crippen LogP contribution in [0.15, 0.2) is 24.3 Å². The van der Waals surface area contributed by atoms with Gasteiger partial charge in [0.25, 0.3) is 0 Å². The van der Waals surface area contributed by atoms with Crippen LogP contribution in [-0.2, 0) is 14.8 Å². The maximum atomic E-state index is 11.7. The van der Waals surface area contributed by atoms with Crippen LogP contribution in [0.25, 0.3) is 0 Å². The van der Waals surface area contributed by atoms with E-state index in [2.05, 4.69) is 4.72 Å². The van der Waals surface area contributed by atoms with Crippen LogP contribution in [0.4, 0.5) is 5.69 Å². The van der Waals surface area contributed by atoms with E-state index in [9.17, 15) is 8.42 Å². The van der Waals surface area contributed by atoms with Gasteiger partial charge in [-0.25, -0.2) is 8.42 Å². The predicted octanol–water partition coefficient (Wildman–Crippen LogP) is 1.72. The van der Waals surface area contributed by atoms with Gasteiger partial charge in [0.1, 0.15) is 6.07 Å². The molecule has 18 heavy (non-hydrogen) atoms. The van der Waals surface area contributed by atoms with Crippen molar-refractivity contribution >= 4 is 15.7 Å². The number of hydrogen-bond donors (Lipinski definition) is 1. The molecule has 6 heteroatoms. The first-order chi connectivity index (χ1) is 8.44. The second-order valence-electron chi connectivity index (χ2n) is 4.00. The molecule has 0 fully saturated rings. The Bertz CT molecular complexity index is 532. The molecule has 0 aliphatic rings. The summed E-state index contributed by atoms with van der Waals surface area (Å²) in [4.78, 5) is 0. The lowest BCUT2D eigenvalue weighted by molar-refractivity contribution is 0.0913. The van der Waals surface area contributed by atoms with E-state index in [4.69, 9.17) is 10.00 Å². The Balaban J connectivity index is 2.68. The molecule has 98 valence electrons. The highest BCUT2D eigenvalue weighted by Crippen LogP contribution is 2.15. The van der Waals surface area contributed by atoms with Gasteiger partial charge >= 0.3 is 0 Å². The molecule has 0 spiro atoms. The van der Waals surface area contributed by atoms with E-state index in [-0.39, 0.29) is 18.5 Å². The van der Waals surface area contributed by atoms with E-state index in [0.29, 0.717) is 11.3 Å². The monoisotopic (exact) mass is 268 g/mol. The number of benzene rings is 1. The molecule has 0 unspecified atom stereocenters. The molecule has 1 aromatic rings. The van der Waals surface area contributed by atoms with Crippen molar-refractivity contribution in [2.45, 2.75) is 20.0 Å². The maximum absolute atomic E-state index is 11.7. The number of nitrogens with zero attached hydrogens (tertiary/aromatic N) is 1. The van der Waals surface area contributed by atoms with Crippen molar-refractivity contribution in [3.8, 4) is 6.07 Å². The zero-order valence-corrected chi connectivity index (χ0v) is 11.2. The zero-order chi connectivity index (χ0) is 13.6. The summed E-state index contributed by atoms with van der Waals surface area (Å²) in [5.41, 5.74) is 0.593. The first-order valence-electron chi connectivity index (χ1n) is 5.56. The Morgan fingerprint density at radius 1 is 1.39 bits per heavy atom. The van der Waals surface area contributed by atoms with Crippen LogP contribution >= 0.6 is 0 Å². The molecule has 0 aliphatic carbocycles. The summed E-state index contributed by atoms with van der Waals surface area (Å²) in [6, 6.07) is 8.40. The molecule has 1 aromatic carbocycles. The average Bonchev–Trinajstić information content (AvgIpc) is 2.28. The minimum Gasteiger partial charge on any atom is -0.378 e. The molecule has 0 saturated heterocycles. The molecule has 0 heterocycles. The van der Waals surface area contributed by atoms with Gasteiger partial charge in [-0.3, -0.25) is 4.72 Å². The topological polar surface area (TPSA) is 79.2 Å². The number of nitrogens with one attached hydrogen (secondary N) is 1. The highest BCUT2D eigenvalue weighted by Gasteiger charge is 2.12. The number of sulfonamides is 1. The van der Waals surface area contributed by atoms with Gasteiger partial charge in [-0.15, -0.1) is 0 Å². The number of nitriles is 1. The van der Waals surface area contributed by atoms with E-state index in [1.807, 2.05) is 19.9 Å². The van der Waals surface area contributed by atoms with Crippen LogP contribution in [0.1, 0.15) is 19.4 Å². The molecule has 0 aliphatic heterocycles. The predicted molar refractivity (Wildman–Crippen MR) is 69.7 cm³/mol. The summed E-state index contributed by atoms with van der Waals surface area (Å²) < 4.78 is 31.1. The smallest absolute Gasteiger partial charge is 0.235 e. The Morgan fingerprint density at radius 3 is 2.67 bits per heavy atom. The molecular weight excluding hydrogens is 252 g/mol. The van der Waals surface area contributed by atoms with E-state index < -0.39 is 10.0 Å². The Morgan fingerprint density at radius 2 is 2.06 bits per heavy atom. The molecule has 0 amide bonds. The van der Waals surface area contributed by atoms with Crippen molar-refractivity contribution in [1.29, 1.82) is 5.26 Å². The quantitative estimate of drug-likeness (QED) is 0.852. The summed E-state index contributed by atoms with van der Waals surface area (Å²) in [5.74, 6) is -0.134. The Labute approximate surface area is 107 Å². The SMILES string of the molecule is CC(C)OCCS(=O)(=O)Nc1ccccc1C#N. The lowest BCUT2D eigenvalue weighted by Gasteiger charge is -2.10. The summed E-state index contributed by atoms with van der Waals surface area (Å²) >= 11 is 0. The molecule has 0 aromatic heterocycles. The fourth-order valence-electron chi connectivity index (χ4n) is 1.28. The summed E-state index contributed by atoms with van der Waals surface area (Å²) in [5, 5.41) is 8.85. The zero-order valence-electron chi connectivity index (χ0n) is 10.4. The minimum absolute atomic E-state index is 0.00778. The van der Waals surface area contributed by atoms with Crippen molar-refractivity contribution in [2.75, 3.05) is 17.1 Å². The number of anilines is 1. The molecule has 1 rings (SSSR count). The van der Waals surface area contributed by atoms with Gasteiger partial charge in [-0.1, -0.05) is 12.1 Å². The standard InChI is InChI=1S/C12H16N2O3S/c1-10(2)17-7-8-18(15,16)14-12-6-4-3-5-11(12)9-13/h3-6,10,14H,7-8H2,1-2H3. The lowest BCUT2D eigenvalue weighted by Crippen LogP contribution is -2.22. The van der Waals surface area contributed by atoms with Crippen LogP contribution in [-0.4, -0.2) is 26.9 Å². The van der Waals surface area contributed by atoms with Crippen LogP contribution in [0, 0.1) is 11.3 Å². The molecule has 0 radical (unpaired) electrons. The summed E-state index contributed by atoms with van der Waals surface area (Å²) in [6.07, 6.45) is -0.00778. The van der Waals surface area contributed by atoms with Crippen LogP contribution in [0.5, 0.6) is 0 Å². The number of para-hydroxylation sites is 1. The lowest BCUT2D eigenvalue weighted by atomic mass is 10.2. The second-order valence-corrected chi connectivity index (χ2v) is 5.84. The van der Waals surface area contributed by atoms with Gasteiger partial charge in [0.2, 0.25) is 10.0 Å². The first-order valence-corrected chi connectivity index (χ1v) is 7.21. The average molecular weight is 268 g/mol. The van der Waals surface area contributed by atoms with Gasteiger partial charge in [0, 0.05) is 0 Å². The van der Waals surface area contributed by atoms with E-state index in [1.54, 1.807) is 24.3 Å². The van der Waals surface area contributed by atoms with E-state index in [0.717, 1.165) is 0 Å². The molecule has 0 bridgehead atoms. The summed E-state index contributed by atoms with van der Waals surface area (Å²) in [6.45, 7) is 3.80. The number of rotatable bonds is 6. The third kappa shape index (κ3) is 4.73. The molecular formula is C12H16N2O3S. The first kappa shape index (κ1) is 14.5.